The molecule has 0 spiro atoms. The third-order valence-electron chi connectivity index (χ3n) is 11.4. The number of esters is 1. The number of amides is 1. The molecule has 5 aliphatic rings. The molecule has 0 aromatic rings. The summed E-state index contributed by atoms with van der Waals surface area (Å²) in [6, 6.07) is -1.59. The van der Waals surface area contributed by atoms with E-state index in [9.17, 15) is 65.8 Å². The molecule has 25 atom stereocenters. The first-order valence-electron chi connectivity index (χ1n) is 20.5. The van der Waals surface area contributed by atoms with Crippen LogP contribution in [-0.4, -0.2) is 241 Å². The first-order chi connectivity index (χ1) is 29.2. The Morgan fingerprint density at radius 2 is 0.952 bits per heavy atom. The fourth-order valence-electron chi connectivity index (χ4n) is 7.88. The molecular formula is C37H63NO24. The molecule has 62 heavy (non-hydrogen) atoms. The zero-order valence-electron chi connectivity index (χ0n) is 35.0. The smallest absolute Gasteiger partial charge is 0.303 e. The molecule has 25 nitrogen and oxygen atoms in total. The van der Waals surface area contributed by atoms with E-state index in [0.29, 0.717) is 6.42 Å². The first kappa shape index (κ1) is 51.1. The van der Waals surface area contributed by atoms with Crippen LogP contribution in [0.5, 0.6) is 0 Å². The topological polar surface area (TPSA) is 370 Å². The lowest BCUT2D eigenvalue weighted by Gasteiger charge is -2.51. The third kappa shape index (κ3) is 11.2. The highest BCUT2D eigenvalue weighted by Gasteiger charge is 2.57. The van der Waals surface area contributed by atoms with Crippen LogP contribution in [0.1, 0.15) is 48.0 Å². The Bertz CT molecular complexity index is 1430. The van der Waals surface area contributed by atoms with Crippen molar-refractivity contribution in [3.63, 3.8) is 0 Å². The van der Waals surface area contributed by atoms with Crippen LogP contribution in [0.2, 0.25) is 0 Å². The van der Waals surface area contributed by atoms with Gasteiger partial charge < -0.3 is 114 Å². The van der Waals surface area contributed by atoms with Crippen LogP contribution >= 0.6 is 0 Å². The summed E-state index contributed by atoms with van der Waals surface area (Å²) < 4.78 is 65.1. The SMILES string of the molecule is CCCO[C@@H]1OC(C)[C@H](O)C(O[C@H]2OC(CO)[C@@H](O)C(O)C2O)[C@@H]1O[C@@H]1OC(CO)[C@@H](O)[C@H](O[C@@H]2OC(C)[C@H](O)C(O[C@@H]3OC(C)[C@H](O)C(O)[C@@H]3O)[C@@H]2OC(C)=O)C1NC(C)=O. The molecule has 0 saturated carbocycles. The van der Waals surface area contributed by atoms with Crippen LogP contribution in [0.3, 0.4) is 0 Å². The Balaban J connectivity index is 1.49. The molecule has 0 aromatic heterocycles. The second-order valence-corrected chi connectivity index (χ2v) is 16.1. The van der Waals surface area contributed by atoms with Gasteiger partial charge in [0.1, 0.15) is 97.6 Å². The van der Waals surface area contributed by atoms with Crippen molar-refractivity contribution in [1.29, 1.82) is 0 Å². The third-order valence-corrected chi connectivity index (χ3v) is 11.4. The van der Waals surface area contributed by atoms with Crippen molar-refractivity contribution in [2.75, 3.05) is 19.8 Å². The van der Waals surface area contributed by atoms with Crippen LogP contribution < -0.4 is 5.32 Å². The summed E-state index contributed by atoms with van der Waals surface area (Å²) in [5, 5.41) is 120. The van der Waals surface area contributed by atoms with Crippen molar-refractivity contribution in [3.8, 4) is 0 Å². The Morgan fingerprint density at radius 3 is 1.50 bits per heavy atom. The number of nitrogens with one attached hydrogen (secondary N) is 1. The van der Waals surface area contributed by atoms with E-state index in [1.54, 1.807) is 6.92 Å². The molecule has 5 fully saturated rings. The van der Waals surface area contributed by atoms with E-state index in [2.05, 4.69) is 5.32 Å². The summed E-state index contributed by atoms with van der Waals surface area (Å²) in [5.74, 6) is -1.67. The molecule has 0 bridgehead atoms. The van der Waals surface area contributed by atoms with Crippen molar-refractivity contribution in [1.82, 2.24) is 5.32 Å². The second kappa shape index (κ2) is 22.1. The highest BCUT2D eigenvalue weighted by Crippen LogP contribution is 2.37. The van der Waals surface area contributed by atoms with Gasteiger partial charge in [0.15, 0.2) is 37.6 Å². The van der Waals surface area contributed by atoms with Crippen molar-refractivity contribution in [2.24, 2.45) is 0 Å². The van der Waals surface area contributed by atoms with Crippen LogP contribution in [0.25, 0.3) is 0 Å². The minimum Gasteiger partial charge on any atom is -0.454 e. The zero-order valence-corrected chi connectivity index (χ0v) is 35.0. The molecule has 12 N–H and O–H groups in total. The van der Waals surface area contributed by atoms with Crippen LogP contribution in [0.4, 0.5) is 0 Å². The first-order valence-corrected chi connectivity index (χ1v) is 20.5. The summed E-state index contributed by atoms with van der Waals surface area (Å²) in [6.45, 7) is 6.54. The lowest BCUT2D eigenvalue weighted by atomic mass is 9.94. The largest absolute Gasteiger partial charge is 0.454 e. The Labute approximate surface area is 356 Å². The quantitative estimate of drug-likeness (QED) is 0.0680. The van der Waals surface area contributed by atoms with Gasteiger partial charge in [-0.25, -0.2) is 0 Å². The Hall–Kier alpha value is -1.90. The molecule has 5 rings (SSSR count). The highest BCUT2D eigenvalue weighted by molar-refractivity contribution is 5.73. The maximum absolute atomic E-state index is 12.8. The summed E-state index contributed by atoms with van der Waals surface area (Å²) in [4.78, 5) is 25.4. The number of hydrogen-bond donors (Lipinski definition) is 12. The molecule has 5 aliphatic heterocycles. The van der Waals surface area contributed by atoms with E-state index in [4.69, 9.17) is 52.1 Å². The predicted octanol–water partition coefficient (Wildman–Crippen LogP) is -6.69. The average Bonchev–Trinajstić information content (AvgIpc) is 3.22. The lowest BCUT2D eigenvalue weighted by molar-refractivity contribution is -0.391. The van der Waals surface area contributed by atoms with Crippen LogP contribution in [0.15, 0.2) is 0 Å². The van der Waals surface area contributed by atoms with Gasteiger partial charge in [-0.05, 0) is 27.2 Å². The summed E-state index contributed by atoms with van der Waals surface area (Å²) >= 11 is 0. The molecule has 360 valence electrons. The van der Waals surface area contributed by atoms with Crippen LogP contribution in [-0.2, 0) is 61.7 Å². The minimum atomic E-state index is -1.92. The van der Waals surface area contributed by atoms with Gasteiger partial charge in [0, 0.05) is 20.5 Å². The van der Waals surface area contributed by atoms with Gasteiger partial charge >= 0.3 is 5.97 Å². The number of aliphatic hydroxyl groups is 11. The summed E-state index contributed by atoms with van der Waals surface area (Å²) in [6.07, 6.45) is -38.2. The van der Waals surface area contributed by atoms with E-state index in [1.807, 2.05) is 0 Å². The van der Waals surface area contributed by atoms with Gasteiger partial charge in [0.2, 0.25) is 5.91 Å². The highest BCUT2D eigenvalue weighted by atomic mass is 16.8. The van der Waals surface area contributed by atoms with Crippen molar-refractivity contribution in [3.05, 3.63) is 0 Å². The molecule has 5 saturated heterocycles. The molecule has 0 aromatic carbocycles. The molecule has 1 amide bonds. The lowest BCUT2D eigenvalue weighted by Crippen LogP contribution is -2.70. The van der Waals surface area contributed by atoms with Gasteiger partial charge in [0.25, 0.3) is 0 Å². The number of ether oxygens (including phenoxy) is 11. The number of aliphatic hydroxyl groups excluding tert-OH is 11. The number of rotatable bonds is 15. The van der Waals surface area contributed by atoms with E-state index >= 15 is 0 Å². The number of carbonyl (C=O) groups is 2. The van der Waals surface area contributed by atoms with Crippen molar-refractivity contribution < 1.29 is 118 Å². The maximum Gasteiger partial charge on any atom is 0.303 e. The second-order valence-electron chi connectivity index (χ2n) is 16.1. The maximum atomic E-state index is 12.8. The van der Waals surface area contributed by atoms with Gasteiger partial charge in [0.05, 0.1) is 31.5 Å². The van der Waals surface area contributed by atoms with E-state index in [0.717, 1.165) is 13.8 Å². The molecule has 11 unspecified atom stereocenters. The normalized spacial score (nSPS) is 49.0. The van der Waals surface area contributed by atoms with Gasteiger partial charge in [-0.1, -0.05) is 6.92 Å². The molecule has 0 aliphatic carbocycles. The van der Waals surface area contributed by atoms with Gasteiger partial charge in [-0.15, -0.1) is 0 Å². The van der Waals surface area contributed by atoms with Gasteiger partial charge in [-0.2, -0.15) is 0 Å². The molecule has 5 heterocycles. The fourth-order valence-corrected chi connectivity index (χ4v) is 7.88. The standard InChI is InChI=1S/C37H63NO24/c1-7-8-52-36-31(29(20(44)12(3)54-36)61-35-27(51)25(49)22(46)16(9-39)58-35)62-33-18(38-14(5)41)28(23(47)17(10-40)57-33)59-37-32(56-15(6)42)30(21(45)13(4)55-37)60-34-26(50)24(48)19(43)11(2)53-34/h11-13,16-37,39-40,43-51H,7-10H2,1-6H3,(H,38,41)/t11?,12?,13?,16?,17?,18?,19-,20-,21-,22+,23+,24?,25?,26-,27?,28+,29?,30?,31-,32-,33-,34-,35+,36+,37-/m0/s1. The average molecular weight is 906 g/mol. The molecule has 25 heteroatoms. The predicted molar refractivity (Wildman–Crippen MR) is 197 cm³/mol. The van der Waals surface area contributed by atoms with Crippen LogP contribution in [0, 0.1) is 0 Å². The number of carbonyl (C=O) groups excluding carboxylic acids is 2. The van der Waals surface area contributed by atoms with E-state index < -0.39 is 179 Å². The molecule has 0 radical (unpaired) electrons. The van der Waals surface area contributed by atoms with Crippen molar-refractivity contribution in [2.45, 2.75) is 201 Å². The monoisotopic (exact) mass is 905 g/mol. The van der Waals surface area contributed by atoms with Gasteiger partial charge in [-0.3, -0.25) is 9.59 Å². The van der Waals surface area contributed by atoms with E-state index in [-0.39, 0.29) is 6.61 Å². The number of hydrogen-bond acceptors (Lipinski definition) is 24. The van der Waals surface area contributed by atoms with E-state index in [1.165, 1.54) is 20.8 Å². The minimum absolute atomic E-state index is 0.0652. The molecular weight excluding hydrogens is 842 g/mol. The summed E-state index contributed by atoms with van der Waals surface area (Å²) in [7, 11) is 0. The van der Waals surface area contributed by atoms with Crippen molar-refractivity contribution >= 4 is 11.9 Å². The Kier molecular flexibility index (Phi) is 18.2. The fraction of sp³-hybridized carbons (Fsp3) is 0.946. The zero-order chi connectivity index (χ0) is 45.9. The Morgan fingerprint density at radius 1 is 0.500 bits per heavy atom. The summed E-state index contributed by atoms with van der Waals surface area (Å²) in [5.41, 5.74) is 0.